The van der Waals surface area contributed by atoms with E-state index in [0.717, 1.165) is 0 Å². The van der Waals surface area contributed by atoms with Crippen LogP contribution in [0.3, 0.4) is 0 Å². The van der Waals surface area contributed by atoms with Gasteiger partial charge in [0.1, 0.15) is 0 Å². The maximum atomic E-state index is 9.87. The molecule has 1 aliphatic carbocycles. The summed E-state index contributed by atoms with van der Waals surface area (Å²) in [4.78, 5) is 0. The minimum absolute atomic E-state index is 0. The molecule has 171 valence electrons. The van der Waals surface area contributed by atoms with Gasteiger partial charge in [-0.25, -0.2) is 0 Å². The molecule has 0 unspecified atom stereocenters. The molecule has 0 atom stereocenters. The molecule has 1 aliphatic rings. The molecule has 2 aromatic rings. The van der Waals surface area contributed by atoms with E-state index in [1.807, 2.05) is 0 Å². The maximum Gasteiger partial charge on any atom is 0 e. The molecular formula is C21H25F6IrP2-. The molecule has 0 aromatic heterocycles. The fraction of sp³-hybridized carbons (Fsp3) is 0.238. The van der Waals surface area contributed by atoms with Gasteiger partial charge in [0.15, 0.2) is 0 Å². The monoisotopic (exact) mass is 646 g/mol. The van der Waals surface area contributed by atoms with Gasteiger partial charge < -0.3 is 0 Å². The first-order valence-corrected chi connectivity index (χ1v) is 12.8. The summed E-state index contributed by atoms with van der Waals surface area (Å²) in [5.41, 5.74) is 0. The van der Waals surface area contributed by atoms with Gasteiger partial charge in [0.2, 0.25) is 0 Å². The molecule has 0 N–H and O–H groups in total. The summed E-state index contributed by atoms with van der Waals surface area (Å²) in [6.07, 6.45) is 14.0. The Bertz CT molecular complexity index is 699. The summed E-state index contributed by atoms with van der Waals surface area (Å²) in [5, 5.41) is 2.88. The molecule has 0 heterocycles. The summed E-state index contributed by atoms with van der Waals surface area (Å²) >= 11 is 0. The van der Waals surface area contributed by atoms with Crippen LogP contribution in [0.25, 0.3) is 0 Å². The van der Waals surface area contributed by atoms with Crippen molar-refractivity contribution >= 4 is 26.3 Å². The van der Waals surface area contributed by atoms with Gasteiger partial charge in [-0.05, 0) is 50.9 Å². The Labute approximate surface area is 188 Å². The predicted octanol–water partition coefficient (Wildman–Crippen LogP) is 8.80. The maximum absolute atomic E-state index is 10.7. The molecule has 0 nitrogen and oxygen atoms in total. The summed E-state index contributed by atoms with van der Waals surface area (Å²) < 4.78 is 59.2. The third-order valence-corrected chi connectivity index (χ3v) is 5.77. The second-order valence-corrected chi connectivity index (χ2v) is 10.4. The van der Waals surface area contributed by atoms with E-state index >= 15 is 0 Å². The Morgan fingerprint density at radius 2 is 0.800 bits per heavy atom. The minimum Gasteiger partial charge on any atom is 0 e. The number of halogens is 6. The fourth-order valence-electron chi connectivity index (χ4n) is 2.31. The largest absolute Gasteiger partial charge is 0 e. The number of allylic oxidation sites excluding steroid dienone is 4. The van der Waals surface area contributed by atoms with Gasteiger partial charge in [0.25, 0.3) is 0 Å². The topological polar surface area (TPSA) is 0 Å². The molecule has 9 heteroatoms. The molecule has 0 saturated carbocycles. The van der Waals surface area contributed by atoms with Crippen LogP contribution in [-0.4, -0.2) is 6.66 Å². The Hall–Kier alpha value is -0.991. The second-order valence-electron chi connectivity index (χ2n) is 6.29. The van der Waals surface area contributed by atoms with E-state index in [-0.39, 0.29) is 28.0 Å². The number of hydrogen-bond donors (Lipinski definition) is 0. The van der Waals surface area contributed by atoms with Crippen molar-refractivity contribution in [3.8, 4) is 0 Å². The summed E-state index contributed by atoms with van der Waals surface area (Å²) in [6.45, 7) is 2.31. The summed E-state index contributed by atoms with van der Waals surface area (Å²) in [7, 11) is -10.8. The quantitative estimate of drug-likeness (QED) is 0.174. The third kappa shape index (κ3) is 19.0. The number of hydrogen-bond acceptors (Lipinski definition) is 0. The smallest absolute Gasteiger partial charge is 0 e. The van der Waals surface area contributed by atoms with Crippen LogP contribution in [-0.2, 0) is 20.1 Å². The zero-order valence-corrected chi connectivity index (χ0v) is 20.6. The Morgan fingerprint density at radius 1 is 0.567 bits per heavy atom. The van der Waals surface area contributed by atoms with E-state index in [9.17, 15) is 25.2 Å². The van der Waals surface area contributed by atoms with Crippen LogP contribution in [0.5, 0.6) is 0 Å². The first-order chi connectivity index (χ1) is 13.3. The van der Waals surface area contributed by atoms with Crippen molar-refractivity contribution < 1.29 is 45.3 Å². The minimum atomic E-state index is -10.7. The molecule has 0 fully saturated rings. The van der Waals surface area contributed by atoms with Crippen molar-refractivity contribution in [2.24, 2.45) is 0 Å². The van der Waals surface area contributed by atoms with Crippen LogP contribution in [0.4, 0.5) is 25.2 Å². The predicted molar refractivity (Wildman–Crippen MR) is 115 cm³/mol. The van der Waals surface area contributed by atoms with Crippen molar-refractivity contribution in [1.82, 2.24) is 0 Å². The molecule has 1 radical (unpaired) electrons. The van der Waals surface area contributed by atoms with Crippen LogP contribution in [0, 0.1) is 0 Å². The molecule has 0 spiro atoms. The number of rotatable bonds is 2. The van der Waals surface area contributed by atoms with E-state index in [0.29, 0.717) is 0 Å². The van der Waals surface area contributed by atoms with Gasteiger partial charge in [-0.15, -0.1) is 0 Å². The SMILES string of the molecule is C1=CCCC=CCC1.CP(c1ccccc1)c1ccccc1.F[P-](F)(F)(F)(F)F.[Ir]. The average molecular weight is 646 g/mol. The van der Waals surface area contributed by atoms with Crippen LogP contribution in [0.2, 0.25) is 0 Å². The van der Waals surface area contributed by atoms with E-state index in [2.05, 4.69) is 91.6 Å². The molecule has 0 amide bonds. The molecule has 2 aromatic carbocycles. The second kappa shape index (κ2) is 12.1. The van der Waals surface area contributed by atoms with Gasteiger partial charge in [-0.1, -0.05) is 85.0 Å². The van der Waals surface area contributed by atoms with Gasteiger partial charge >= 0.3 is 33.0 Å². The summed E-state index contributed by atoms with van der Waals surface area (Å²) in [5.74, 6) is 0. The first-order valence-electron chi connectivity index (χ1n) is 9.03. The molecule has 0 aliphatic heterocycles. The van der Waals surface area contributed by atoms with Crippen molar-refractivity contribution in [2.75, 3.05) is 6.66 Å². The molecule has 3 rings (SSSR count). The van der Waals surface area contributed by atoms with Crippen LogP contribution < -0.4 is 10.6 Å². The molecule has 30 heavy (non-hydrogen) atoms. The normalized spacial score (nSPS) is 15.6. The van der Waals surface area contributed by atoms with E-state index < -0.39 is 7.81 Å². The third-order valence-electron chi connectivity index (χ3n) is 3.62. The van der Waals surface area contributed by atoms with Crippen molar-refractivity contribution in [3.05, 3.63) is 85.0 Å². The Balaban J connectivity index is 0.000000453. The van der Waals surface area contributed by atoms with Crippen LogP contribution in [0.15, 0.2) is 85.0 Å². The Morgan fingerprint density at radius 3 is 1.03 bits per heavy atom. The van der Waals surface area contributed by atoms with Gasteiger partial charge in [0, 0.05) is 20.1 Å². The van der Waals surface area contributed by atoms with Gasteiger partial charge in [-0.3, -0.25) is 0 Å². The molecule has 0 saturated heterocycles. The summed E-state index contributed by atoms with van der Waals surface area (Å²) in [6, 6.07) is 21.4. The van der Waals surface area contributed by atoms with Crippen molar-refractivity contribution in [1.29, 1.82) is 0 Å². The van der Waals surface area contributed by atoms with Crippen LogP contribution >= 0.6 is 15.7 Å². The Kier molecular flexibility index (Phi) is 11.7. The van der Waals surface area contributed by atoms with E-state index in [1.54, 1.807) is 0 Å². The van der Waals surface area contributed by atoms with E-state index in [4.69, 9.17) is 0 Å². The van der Waals surface area contributed by atoms with E-state index in [1.165, 1.54) is 36.3 Å². The molecular weight excluding hydrogens is 620 g/mol. The van der Waals surface area contributed by atoms with Crippen molar-refractivity contribution in [3.63, 3.8) is 0 Å². The zero-order valence-electron chi connectivity index (χ0n) is 16.4. The number of benzene rings is 2. The van der Waals surface area contributed by atoms with Crippen molar-refractivity contribution in [2.45, 2.75) is 25.7 Å². The fourth-order valence-corrected chi connectivity index (χ4v) is 3.85. The van der Waals surface area contributed by atoms with Gasteiger partial charge in [-0.2, -0.15) is 0 Å². The zero-order chi connectivity index (χ0) is 21.9. The standard InChI is InChI=1S/C13H13P.C8H12.F6P.Ir/c1-14(12-8-4-2-5-9-12)13-10-6-3-7-11-13;1-2-4-6-8-7-5-3-1;1-7(2,3,4,5)6;/h2-11H,1H3;1-2,7-8H,3-6H2;;/q;;-1;. The van der Waals surface area contributed by atoms with Crippen LogP contribution in [0.1, 0.15) is 25.7 Å². The average Bonchev–Trinajstić information content (AvgIpc) is 2.60. The molecule has 0 bridgehead atoms. The first kappa shape index (κ1) is 29.0. The van der Waals surface area contributed by atoms with Gasteiger partial charge in [0.05, 0.1) is 0 Å².